The molecular formula is C21H18N4O. The molecule has 1 N–H and O–H groups in total. The summed E-state index contributed by atoms with van der Waals surface area (Å²) in [5, 5.41) is 17.6. The molecule has 5 nitrogen and oxygen atoms in total. The van der Waals surface area contributed by atoms with E-state index in [0.717, 1.165) is 16.9 Å². The molecule has 0 atom stereocenters. The van der Waals surface area contributed by atoms with Crippen LogP contribution in [0.3, 0.4) is 0 Å². The highest BCUT2D eigenvalue weighted by molar-refractivity contribution is 5.96. The van der Waals surface area contributed by atoms with Crippen molar-refractivity contribution < 1.29 is 4.74 Å². The molecule has 0 aliphatic heterocycles. The molecule has 0 bridgehead atoms. The average molecular weight is 342 g/mol. The summed E-state index contributed by atoms with van der Waals surface area (Å²) in [5.41, 5.74) is 2.59. The van der Waals surface area contributed by atoms with Crippen LogP contribution in [-0.2, 0) is 13.2 Å². The second-order valence-corrected chi connectivity index (χ2v) is 5.70. The number of aromatic nitrogens is 1. The number of nitrogens with zero attached hydrogens (tertiary/aromatic N) is 3. The van der Waals surface area contributed by atoms with Crippen molar-refractivity contribution in [2.24, 2.45) is 0 Å². The van der Waals surface area contributed by atoms with Crippen LogP contribution in [0.5, 0.6) is 5.75 Å². The molecule has 0 amide bonds. The SMILES string of the molecule is N#CN(Cc1cccc(OCc2ccccc2)c1)C(=N)c1cccnc1. The maximum absolute atomic E-state index is 9.42. The zero-order valence-corrected chi connectivity index (χ0v) is 14.2. The summed E-state index contributed by atoms with van der Waals surface area (Å²) >= 11 is 0. The van der Waals surface area contributed by atoms with Crippen LogP contribution in [0.25, 0.3) is 0 Å². The first-order valence-electron chi connectivity index (χ1n) is 8.18. The van der Waals surface area contributed by atoms with Gasteiger partial charge in [0.05, 0.1) is 6.54 Å². The topological polar surface area (TPSA) is 73.0 Å². The standard InChI is InChI=1S/C21H18N4O/c22-16-25(21(23)19-9-5-11-24-13-19)14-18-8-4-10-20(12-18)26-15-17-6-2-1-3-7-17/h1-13,23H,14-15H2. The summed E-state index contributed by atoms with van der Waals surface area (Å²) in [6.07, 6.45) is 5.28. The van der Waals surface area contributed by atoms with Crippen molar-refractivity contribution in [2.45, 2.75) is 13.2 Å². The van der Waals surface area contributed by atoms with Crippen LogP contribution < -0.4 is 4.74 Å². The van der Waals surface area contributed by atoms with E-state index >= 15 is 0 Å². The van der Waals surface area contributed by atoms with E-state index < -0.39 is 0 Å². The maximum Gasteiger partial charge on any atom is 0.185 e. The number of ether oxygens (including phenoxy) is 1. The molecule has 3 rings (SSSR count). The Kier molecular flexibility index (Phi) is 5.58. The van der Waals surface area contributed by atoms with E-state index in [1.807, 2.05) is 54.6 Å². The molecule has 0 spiro atoms. The van der Waals surface area contributed by atoms with Crippen molar-refractivity contribution in [3.05, 3.63) is 95.8 Å². The number of hydrogen-bond acceptors (Lipinski definition) is 4. The van der Waals surface area contributed by atoms with Crippen LogP contribution in [-0.4, -0.2) is 15.7 Å². The van der Waals surface area contributed by atoms with E-state index in [1.54, 1.807) is 24.5 Å². The van der Waals surface area contributed by atoms with Gasteiger partial charge in [-0.1, -0.05) is 42.5 Å². The predicted octanol–water partition coefficient (Wildman–Crippen LogP) is 3.97. The van der Waals surface area contributed by atoms with Gasteiger partial charge < -0.3 is 4.74 Å². The average Bonchev–Trinajstić information content (AvgIpc) is 2.72. The highest BCUT2D eigenvalue weighted by Crippen LogP contribution is 2.17. The third-order valence-electron chi connectivity index (χ3n) is 3.81. The molecular weight excluding hydrogens is 324 g/mol. The van der Waals surface area contributed by atoms with Crippen molar-refractivity contribution in [3.8, 4) is 11.9 Å². The zero-order chi connectivity index (χ0) is 18.2. The largest absolute Gasteiger partial charge is 0.489 e. The van der Waals surface area contributed by atoms with Crippen LogP contribution in [0.1, 0.15) is 16.7 Å². The molecule has 128 valence electrons. The van der Waals surface area contributed by atoms with Gasteiger partial charge >= 0.3 is 0 Å². The Morgan fingerprint density at radius 3 is 2.58 bits per heavy atom. The fraction of sp³-hybridized carbons (Fsp3) is 0.0952. The van der Waals surface area contributed by atoms with Crippen molar-refractivity contribution >= 4 is 5.84 Å². The number of hydrogen-bond donors (Lipinski definition) is 1. The third-order valence-corrected chi connectivity index (χ3v) is 3.81. The van der Waals surface area contributed by atoms with Crippen LogP contribution >= 0.6 is 0 Å². The molecule has 1 heterocycles. The van der Waals surface area contributed by atoms with E-state index in [0.29, 0.717) is 18.7 Å². The smallest absolute Gasteiger partial charge is 0.185 e. The number of nitriles is 1. The van der Waals surface area contributed by atoms with Crippen molar-refractivity contribution in [1.29, 1.82) is 10.7 Å². The summed E-state index contributed by atoms with van der Waals surface area (Å²) in [7, 11) is 0. The number of rotatable bonds is 6. The summed E-state index contributed by atoms with van der Waals surface area (Å²) in [5.74, 6) is 0.855. The molecule has 2 aromatic carbocycles. The predicted molar refractivity (Wildman–Crippen MR) is 99.4 cm³/mol. The van der Waals surface area contributed by atoms with Crippen LogP contribution in [0.15, 0.2) is 79.1 Å². The molecule has 5 heteroatoms. The minimum absolute atomic E-state index is 0.121. The third kappa shape index (κ3) is 4.46. The highest BCUT2D eigenvalue weighted by Gasteiger charge is 2.12. The van der Waals surface area contributed by atoms with E-state index in [-0.39, 0.29) is 5.84 Å². The summed E-state index contributed by atoms with van der Waals surface area (Å²) < 4.78 is 5.83. The molecule has 0 aliphatic rings. The highest BCUT2D eigenvalue weighted by atomic mass is 16.5. The van der Waals surface area contributed by atoms with Gasteiger partial charge in [0, 0.05) is 18.0 Å². The first kappa shape index (κ1) is 17.2. The first-order valence-corrected chi connectivity index (χ1v) is 8.18. The van der Waals surface area contributed by atoms with E-state index in [9.17, 15) is 5.26 Å². The lowest BCUT2D eigenvalue weighted by Gasteiger charge is -2.17. The lowest BCUT2D eigenvalue weighted by molar-refractivity contribution is 0.305. The molecule has 0 saturated heterocycles. The maximum atomic E-state index is 9.42. The number of pyridine rings is 1. The van der Waals surface area contributed by atoms with Gasteiger partial charge in [-0.2, -0.15) is 5.26 Å². The number of benzene rings is 2. The number of nitrogens with one attached hydrogen (secondary N) is 1. The Hall–Kier alpha value is -3.65. The Labute approximate surface area is 152 Å². The Morgan fingerprint density at radius 1 is 1.04 bits per heavy atom. The van der Waals surface area contributed by atoms with E-state index in [4.69, 9.17) is 10.1 Å². The molecule has 1 aromatic heterocycles. The fourth-order valence-corrected chi connectivity index (χ4v) is 2.48. The van der Waals surface area contributed by atoms with Crippen molar-refractivity contribution in [1.82, 2.24) is 9.88 Å². The van der Waals surface area contributed by atoms with Gasteiger partial charge in [0.2, 0.25) is 0 Å². The molecule has 3 aromatic rings. The monoisotopic (exact) mass is 342 g/mol. The number of amidine groups is 1. The van der Waals surface area contributed by atoms with E-state index in [1.165, 1.54) is 4.90 Å². The molecule has 26 heavy (non-hydrogen) atoms. The van der Waals surface area contributed by atoms with Gasteiger partial charge in [-0.3, -0.25) is 15.3 Å². The molecule has 0 unspecified atom stereocenters. The minimum atomic E-state index is 0.121. The Balaban J connectivity index is 1.67. The Bertz CT molecular complexity index is 904. The fourth-order valence-electron chi connectivity index (χ4n) is 2.48. The molecule has 0 fully saturated rings. The molecule has 0 aliphatic carbocycles. The van der Waals surface area contributed by atoms with Gasteiger partial charge in [-0.25, -0.2) is 0 Å². The van der Waals surface area contributed by atoms with Gasteiger partial charge in [0.15, 0.2) is 6.19 Å². The van der Waals surface area contributed by atoms with E-state index in [2.05, 4.69) is 11.2 Å². The quantitative estimate of drug-likeness (QED) is 0.318. The Morgan fingerprint density at radius 2 is 1.85 bits per heavy atom. The van der Waals surface area contributed by atoms with Crippen LogP contribution in [0.4, 0.5) is 0 Å². The minimum Gasteiger partial charge on any atom is -0.489 e. The summed E-state index contributed by atoms with van der Waals surface area (Å²) in [4.78, 5) is 5.33. The van der Waals surface area contributed by atoms with Crippen molar-refractivity contribution in [3.63, 3.8) is 0 Å². The van der Waals surface area contributed by atoms with Crippen molar-refractivity contribution in [2.75, 3.05) is 0 Å². The van der Waals surface area contributed by atoms with Gasteiger partial charge in [0.25, 0.3) is 0 Å². The molecule has 0 saturated carbocycles. The van der Waals surface area contributed by atoms with Gasteiger partial charge in [0.1, 0.15) is 18.2 Å². The lowest BCUT2D eigenvalue weighted by atomic mass is 10.2. The zero-order valence-electron chi connectivity index (χ0n) is 14.2. The van der Waals surface area contributed by atoms with Gasteiger partial charge in [-0.05, 0) is 35.4 Å². The van der Waals surface area contributed by atoms with Crippen LogP contribution in [0.2, 0.25) is 0 Å². The normalized spacial score (nSPS) is 9.96. The van der Waals surface area contributed by atoms with Crippen LogP contribution in [0, 0.1) is 16.9 Å². The van der Waals surface area contributed by atoms with Gasteiger partial charge in [-0.15, -0.1) is 0 Å². The first-order chi connectivity index (χ1) is 12.8. The second kappa shape index (κ2) is 8.45. The summed E-state index contributed by atoms with van der Waals surface area (Å²) in [6, 6.07) is 21.0. The summed E-state index contributed by atoms with van der Waals surface area (Å²) in [6.45, 7) is 0.782. The lowest BCUT2D eigenvalue weighted by Crippen LogP contribution is -2.25. The molecule has 0 radical (unpaired) electrons. The second-order valence-electron chi connectivity index (χ2n) is 5.70.